The molecule has 0 amide bonds. The minimum Gasteiger partial charge on any atom is -0.291 e. The van der Waals surface area contributed by atoms with Gasteiger partial charge in [0.05, 0.1) is 0 Å². The quantitative estimate of drug-likeness (QED) is 0.464. The molecule has 0 radical (unpaired) electrons. The Morgan fingerprint density at radius 2 is 2.00 bits per heavy atom. The molecule has 1 heterocycles. The molecule has 1 aliphatic heterocycles. The fourth-order valence-corrected chi connectivity index (χ4v) is 1.21. The number of hydrogen-bond acceptors (Lipinski definition) is 1. The smallest absolute Gasteiger partial charge is 0.0199 e. The molecule has 0 fully saturated rings. The van der Waals surface area contributed by atoms with Crippen LogP contribution in [0.5, 0.6) is 0 Å². The van der Waals surface area contributed by atoms with E-state index in [1.807, 2.05) is 0 Å². The Balaban J connectivity index is 2.50. The molecule has 1 aliphatic rings. The Hall–Kier alpha value is -0.300. The van der Waals surface area contributed by atoms with Crippen molar-refractivity contribution in [2.24, 2.45) is 0 Å². The van der Waals surface area contributed by atoms with Crippen LogP contribution < -0.4 is 0 Å². The minimum absolute atomic E-state index is 0.342. The van der Waals surface area contributed by atoms with E-state index in [0.29, 0.717) is 5.54 Å². The third kappa shape index (κ3) is 1.60. The van der Waals surface area contributed by atoms with Gasteiger partial charge in [-0.15, -0.1) is 0 Å². The zero-order valence-electron chi connectivity index (χ0n) is 7.44. The van der Waals surface area contributed by atoms with Gasteiger partial charge in [0.1, 0.15) is 0 Å². The summed E-state index contributed by atoms with van der Waals surface area (Å²) in [7, 11) is 0. The van der Waals surface area contributed by atoms with Gasteiger partial charge in [-0.25, -0.2) is 0 Å². The lowest BCUT2D eigenvalue weighted by Gasteiger charge is -2.31. The zero-order valence-corrected chi connectivity index (χ0v) is 7.44. The molecule has 1 rings (SSSR count). The fourth-order valence-electron chi connectivity index (χ4n) is 1.21. The van der Waals surface area contributed by atoms with Crippen LogP contribution in [0.25, 0.3) is 0 Å². The monoisotopic (exact) mass is 139 g/mol. The maximum Gasteiger partial charge on any atom is 0.0199 e. The van der Waals surface area contributed by atoms with Crippen molar-refractivity contribution in [3.05, 3.63) is 11.6 Å². The summed E-state index contributed by atoms with van der Waals surface area (Å²) in [5, 5.41) is 0. The minimum atomic E-state index is 0.342. The van der Waals surface area contributed by atoms with Gasteiger partial charge in [0.15, 0.2) is 0 Å². The lowest BCUT2D eigenvalue weighted by molar-refractivity contribution is 0.181. The molecule has 1 heteroatoms. The molecule has 0 aromatic heterocycles. The summed E-state index contributed by atoms with van der Waals surface area (Å²) < 4.78 is 0. The predicted octanol–water partition coefficient (Wildman–Crippen LogP) is 2.05. The Kier molecular flexibility index (Phi) is 1.86. The molecule has 0 spiro atoms. The first-order chi connectivity index (χ1) is 4.50. The molecule has 0 N–H and O–H groups in total. The summed E-state index contributed by atoms with van der Waals surface area (Å²) in [6.45, 7) is 11.3. The summed E-state index contributed by atoms with van der Waals surface area (Å²) >= 11 is 0. The van der Waals surface area contributed by atoms with Gasteiger partial charge in [0, 0.05) is 18.6 Å². The van der Waals surface area contributed by atoms with Crippen LogP contribution in [0, 0.1) is 0 Å². The van der Waals surface area contributed by atoms with Crippen molar-refractivity contribution in [2.45, 2.75) is 33.2 Å². The number of nitrogens with zero attached hydrogens (tertiary/aromatic N) is 1. The molecular formula is C9H17N. The average molecular weight is 139 g/mol. The van der Waals surface area contributed by atoms with E-state index in [4.69, 9.17) is 0 Å². The third-order valence-corrected chi connectivity index (χ3v) is 2.05. The van der Waals surface area contributed by atoms with Crippen molar-refractivity contribution in [3.8, 4) is 0 Å². The van der Waals surface area contributed by atoms with E-state index >= 15 is 0 Å². The van der Waals surface area contributed by atoms with E-state index in [-0.39, 0.29) is 0 Å². The van der Waals surface area contributed by atoms with Crippen LogP contribution in [0.15, 0.2) is 11.6 Å². The second kappa shape index (κ2) is 2.39. The van der Waals surface area contributed by atoms with Crippen LogP contribution in [0.3, 0.4) is 0 Å². The SMILES string of the molecule is CC1=CCN(C(C)(C)C)C1. The van der Waals surface area contributed by atoms with Gasteiger partial charge in [-0.05, 0) is 27.7 Å². The summed E-state index contributed by atoms with van der Waals surface area (Å²) in [6.07, 6.45) is 2.31. The van der Waals surface area contributed by atoms with Gasteiger partial charge in [0.2, 0.25) is 0 Å². The first-order valence-corrected chi connectivity index (χ1v) is 3.91. The average Bonchev–Trinajstić information content (AvgIpc) is 2.11. The highest BCUT2D eigenvalue weighted by Crippen LogP contribution is 2.19. The molecule has 1 nitrogen and oxygen atoms in total. The predicted molar refractivity (Wildman–Crippen MR) is 45.1 cm³/mol. The second-order valence-electron chi connectivity index (χ2n) is 4.10. The van der Waals surface area contributed by atoms with E-state index < -0.39 is 0 Å². The Bertz CT molecular complexity index is 151. The largest absolute Gasteiger partial charge is 0.291 e. The van der Waals surface area contributed by atoms with Crippen LogP contribution in [-0.2, 0) is 0 Å². The van der Waals surface area contributed by atoms with Gasteiger partial charge in [-0.3, -0.25) is 4.90 Å². The van der Waals surface area contributed by atoms with E-state index in [1.54, 1.807) is 0 Å². The molecule has 0 saturated heterocycles. The van der Waals surface area contributed by atoms with Crippen LogP contribution in [-0.4, -0.2) is 23.5 Å². The van der Waals surface area contributed by atoms with Crippen LogP contribution in [0.4, 0.5) is 0 Å². The normalized spacial score (nSPS) is 21.4. The van der Waals surface area contributed by atoms with Crippen molar-refractivity contribution < 1.29 is 0 Å². The fraction of sp³-hybridized carbons (Fsp3) is 0.778. The maximum atomic E-state index is 2.47. The molecule has 0 unspecified atom stereocenters. The maximum absolute atomic E-state index is 2.47. The van der Waals surface area contributed by atoms with Gasteiger partial charge in [-0.2, -0.15) is 0 Å². The standard InChI is InChI=1S/C9H17N/c1-8-5-6-10(7-8)9(2,3)4/h5H,6-7H2,1-4H3. The van der Waals surface area contributed by atoms with E-state index in [9.17, 15) is 0 Å². The summed E-state index contributed by atoms with van der Waals surface area (Å²) in [6, 6.07) is 0. The molecule has 0 bridgehead atoms. The van der Waals surface area contributed by atoms with Crippen molar-refractivity contribution >= 4 is 0 Å². The Morgan fingerprint density at radius 3 is 2.20 bits per heavy atom. The molecular weight excluding hydrogens is 122 g/mol. The number of hydrogen-bond donors (Lipinski definition) is 0. The van der Waals surface area contributed by atoms with Crippen LogP contribution in [0.1, 0.15) is 27.7 Å². The highest BCUT2D eigenvalue weighted by atomic mass is 15.2. The summed E-state index contributed by atoms with van der Waals surface area (Å²) in [5.74, 6) is 0. The first-order valence-electron chi connectivity index (χ1n) is 3.91. The van der Waals surface area contributed by atoms with Gasteiger partial charge >= 0.3 is 0 Å². The Morgan fingerprint density at radius 1 is 1.40 bits per heavy atom. The lowest BCUT2D eigenvalue weighted by atomic mass is 10.1. The van der Waals surface area contributed by atoms with Gasteiger partial charge in [-0.1, -0.05) is 11.6 Å². The molecule has 0 aliphatic carbocycles. The van der Waals surface area contributed by atoms with E-state index in [0.717, 1.165) is 13.1 Å². The van der Waals surface area contributed by atoms with Crippen molar-refractivity contribution in [3.63, 3.8) is 0 Å². The molecule has 0 aromatic rings. The van der Waals surface area contributed by atoms with Crippen molar-refractivity contribution in [1.82, 2.24) is 4.90 Å². The van der Waals surface area contributed by atoms with E-state index in [2.05, 4.69) is 38.7 Å². The second-order valence-corrected chi connectivity index (χ2v) is 4.10. The highest BCUT2D eigenvalue weighted by Gasteiger charge is 2.22. The van der Waals surface area contributed by atoms with E-state index in [1.165, 1.54) is 5.57 Å². The molecule has 0 saturated carbocycles. The Labute approximate surface area is 63.7 Å². The van der Waals surface area contributed by atoms with Crippen molar-refractivity contribution in [2.75, 3.05) is 13.1 Å². The highest BCUT2D eigenvalue weighted by molar-refractivity contribution is 5.10. The summed E-state index contributed by atoms with van der Waals surface area (Å²) in [4.78, 5) is 2.47. The van der Waals surface area contributed by atoms with Crippen LogP contribution in [0.2, 0.25) is 0 Å². The van der Waals surface area contributed by atoms with Gasteiger partial charge < -0.3 is 0 Å². The number of rotatable bonds is 0. The van der Waals surface area contributed by atoms with Gasteiger partial charge in [0.25, 0.3) is 0 Å². The third-order valence-electron chi connectivity index (χ3n) is 2.05. The first kappa shape index (κ1) is 7.80. The topological polar surface area (TPSA) is 3.24 Å². The molecule has 0 atom stereocenters. The molecule has 10 heavy (non-hydrogen) atoms. The zero-order chi connectivity index (χ0) is 7.78. The van der Waals surface area contributed by atoms with Crippen LogP contribution >= 0.6 is 0 Å². The summed E-state index contributed by atoms with van der Waals surface area (Å²) in [5.41, 5.74) is 1.85. The lowest BCUT2D eigenvalue weighted by Crippen LogP contribution is -2.39. The molecule has 58 valence electrons. The van der Waals surface area contributed by atoms with Crippen molar-refractivity contribution in [1.29, 1.82) is 0 Å². The molecule has 0 aromatic carbocycles.